The van der Waals surface area contributed by atoms with Gasteiger partial charge in [0.1, 0.15) is 11.5 Å². The van der Waals surface area contributed by atoms with Crippen molar-refractivity contribution in [3.05, 3.63) is 29.8 Å². The van der Waals surface area contributed by atoms with Crippen LogP contribution in [0.15, 0.2) is 24.3 Å². The van der Waals surface area contributed by atoms with Gasteiger partial charge in [0, 0.05) is 12.1 Å². The van der Waals surface area contributed by atoms with Gasteiger partial charge in [0.15, 0.2) is 0 Å². The maximum atomic E-state index is 12.0. The summed E-state index contributed by atoms with van der Waals surface area (Å²) in [5.74, 6) is 1.27. The molecule has 0 spiro atoms. The predicted molar refractivity (Wildman–Crippen MR) is 171 cm³/mol. The lowest BCUT2D eigenvalue weighted by Crippen LogP contribution is -2.08. The smallest absolute Gasteiger partial charge is 0.331 e. The van der Waals surface area contributed by atoms with Crippen LogP contribution in [0.4, 0.5) is 0 Å². The van der Waals surface area contributed by atoms with Crippen LogP contribution in [0.5, 0.6) is 11.5 Å². The molecule has 0 bridgehead atoms. The first-order valence-corrected chi connectivity index (χ1v) is 16.8. The van der Waals surface area contributed by atoms with Crippen LogP contribution in [0, 0.1) is 0 Å². The first kappa shape index (κ1) is 36.1. The van der Waals surface area contributed by atoms with E-state index in [0.717, 1.165) is 29.9 Å². The summed E-state index contributed by atoms with van der Waals surface area (Å²) >= 11 is 0. The number of ether oxygens (including phenoxy) is 3. The number of unbranched alkanes of at least 4 members (excludes halogenated alkanes) is 18. The SMILES string of the molecule is CCCCCCCCCCCCOc1cc(C=CC(=O)OC(C)C)cc(OCCCCCCCCCCCC)c1. The summed E-state index contributed by atoms with van der Waals surface area (Å²) in [7, 11) is 0. The molecule has 0 aliphatic carbocycles. The summed E-state index contributed by atoms with van der Waals surface area (Å²) in [5.41, 5.74) is 0.888. The van der Waals surface area contributed by atoms with E-state index in [1.165, 1.54) is 122 Å². The molecule has 0 saturated carbocycles. The average molecular weight is 559 g/mol. The third kappa shape index (κ3) is 21.8. The summed E-state index contributed by atoms with van der Waals surface area (Å²) < 4.78 is 17.4. The minimum atomic E-state index is -0.334. The average Bonchev–Trinajstić information content (AvgIpc) is 2.93. The highest BCUT2D eigenvalue weighted by atomic mass is 16.5. The molecule has 0 saturated heterocycles. The minimum Gasteiger partial charge on any atom is -0.493 e. The summed E-state index contributed by atoms with van der Waals surface area (Å²) in [6.45, 7) is 9.66. The zero-order chi connectivity index (χ0) is 29.1. The van der Waals surface area contributed by atoms with E-state index in [1.54, 1.807) is 6.08 Å². The highest BCUT2D eigenvalue weighted by Crippen LogP contribution is 2.25. The Labute approximate surface area is 247 Å². The quantitative estimate of drug-likeness (QED) is 0.0612. The molecule has 0 aliphatic heterocycles. The molecule has 1 aromatic rings. The van der Waals surface area contributed by atoms with E-state index < -0.39 is 0 Å². The molecule has 4 heteroatoms. The van der Waals surface area contributed by atoms with Crippen molar-refractivity contribution in [3.63, 3.8) is 0 Å². The molecule has 0 N–H and O–H groups in total. The van der Waals surface area contributed by atoms with Gasteiger partial charge in [0.2, 0.25) is 0 Å². The highest BCUT2D eigenvalue weighted by Gasteiger charge is 2.05. The van der Waals surface area contributed by atoms with Gasteiger partial charge >= 0.3 is 5.97 Å². The lowest BCUT2D eigenvalue weighted by Gasteiger charge is -2.12. The molecule has 0 heterocycles. The lowest BCUT2D eigenvalue weighted by atomic mass is 10.1. The van der Waals surface area contributed by atoms with E-state index in [2.05, 4.69) is 13.8 Å². The summed E-state index contributed by atoms with van der Waals surface area (Å²) in [6, 6.07) is 5.93. The Hall–Kier alpha value is -1.97. The van der Waals surface area contributed by atoms with Gasteiger partial charge in [-0.2, -0.15) is 0 Å². The van der Waals surface area contributed by atoms with Crippen LogP contribution >= 0.6 is 0 Å². The van der Waals surface area contributed by atoms with Crippen molar-refractivity contribution in [2.75, 3.05) is 13.2 Å². The van der Waals surface area contributed by atoms with E-state index in [0.29, 0.717) is 13.2 Å². The number of hydrogen-bond donors (Lipinski definition) is 0. The van der Waals surface area contributed by atoms with Crippen molar-refractivity contribution in [2.45, 2.75) is 162 Å². The molecule has 40 heavy (non-hydrogen) atoms. The Morgan fingerprint density at radius 2 is 0.975 bits per heavy atom. The molecule has 0 unspecified atom stereocenters. The Morgan fingerprint density at radius 3 is 1.35 bits per heavy atom. The van der Waals surface area contributed by atoms with Crippen LogP contribution in [0.25, 0.3) is 6.08 Å². The number of carbonyl (C=O) groups is 1. The predicted octanol–water partition coefficient (Wildman–Crippen LogP) is 11.3. The second-order valence-electron chi connectivity index (χ2n) is 11.6. The molecule has 0 fully saturated rings. The highest BCUT2D eigenvalue weighted by molar-refractivity contribution is 5.87. The van der Waals surface area contributed by atoms with Gasteiger partial charge in [-0.1, -0.05) is 129 Å². The molecule has 0 amide bonds. The molecule has 0 aliphatic rings. The number of benzene rings is 1. The third-order valence-electron chi connectivity index (χ3n) is 7.20. The second kappa shape index (κ2) is 26.0. The van der Waals surface area contributed by atoms with Crippen LogP contribution in [-0.4, -0.2) is 25.3 Å². The maximum Gasteiger partial charge on any atom is 0.331 e. The summed E-state index contributed by atoms with van der Waals surface area (Å²) in [6.07, 6.45) is 29.3. The van der Waals surface area contributed by atoms with Crippen molar-refractivity contribution in [3.8, 4) is 11.5 Å². The van der Waals surface area contributed by atoms with Crippen LogP contribution in [-0.2, 0) is 9.53 Å². The number of esters is 1. The first-order chi connectivity index (χ1) is 19.5. The number of carbonyl (C=O) groups excluding carboxylic acids is 1. The fourth-order valence-electron chi connectivity index (χ4n) is 4.85. The largest absolute Gasteiger partial charge is 0.493 e. The molecule has 0 aromatic heterocycles. The van der Waals surface area contributed by atoms with Crippen LogP contribution < -0.4 is 9.47 Å². The van der Waals surface area contributed by atoms with Crippen molar-refractivity contribution in [1.29, 1.82) is 0 Å². The van der Waals surface area contributed by atoms with E-state index >= 15 is 0 Å². The number of rotatable bonds is 27. The van der Waals surface area contributed by atoms with E-state index in [4.69, 9.17) is 14.2 Å². The molecule has 230 valence electrons. The standard InChI is InChI=1S/C36H62O4/c1-5-7-9-11-13-15-17-19-21-23-27-38-34-29-33(25-26-36(37)40-32(3)4)30-35(31-34)39-28-24-22-20-18-16-14-12-10-8-6-2/h25-26,29-32H,5-24,27-28H2,1-4H3. The molecule has 1 aromatic carbocycles. The normalized spacial score (nSPS) is 11.4. The summed E-state index contributed by atoms with van der Waals surface area (Å²) in [5, 5.41) is 0. The second-order valence-corrected chi connectivity index (χ2v) is 11.6. The summed E-state index contributed by atoms with van der Waals surface area (Å²) in [4.78, 5) is 12.0. The lowest BCUT2D eigenvalue weighted by molar-refractivity contribution is -0.141. The van der Waals surface area contributed by atoms with Crippen molar-refractivity contribution < 1.29 is 19.0 Å². The Morgan fingerprint density at radius 1 is 0.600 bits per heavy atom. The van der Waals surface area contributed by atoms with Crippen molar-refractivity contribution in [2.24, 2.45) is 0 Å². The van der Waals surface area contributed by atoms with Crippen LogP contribution in [0.2, 0.25) is 0 Å². The van der Waals surface area contributed by atoms with Crippen LogP contribution in [0.1, 0.15) is 162 Å². The zero-order valence-corrected chi connectivity index (χ0v) is 26.7. The zero-order valence-electron chi connectivity index (χ0n) is 26.7. The van der Waals surface area contributed by atoms with E-state index in [-0.39, 0.29) is 12.1 Å². The van der Waals surface area contributed by atoms with Gasteiger partial charge in [0.05, 0.1) is 19.3 Å². The Bertz CT molecular complexity index is 711. The fourth-order valence-corrected chi connectivity index (χ4v) is 4.85. The maximum absolute atomic E-state index is 12.0. The van der Waals surface area contributed by atoms with Gasteiger partial charge < -0.3 is 14.2 Å². The molecule has 0 atom stereocenters. The van der Waals surface area contributed by atoms with Crippen molar-refractivity contribution in [1.82, 2.24) is 0 Å². The molecular formula is C36H62O4. The Kier molecular flexibility index (Phi) is 23.4. The van der Waals surface area contributed by atoms with Gasteiger partial charge in [-0.15, -0.1) is 0 Å². The van der Waals surface area contributed by atoms with Gasteiger partial charge in [-0.25, -0.2) is 4.79 Å². The fraction of sp³-hybridized carbons (Fsp3) is 0.750. The number of hydrogen-bond acceptors (Lipinski definition) is 4. The first-order valence-electron chi connectivity index (χ1n) is 16.8. The topological polar surface area (TPSA) is 44.8 Å². The van der Waals surface area contributed by atoms with E-state index in [9.17, 15) is 4.79 Å². The molecule has 0 radical (unpaired) electrons. The monoisotopic (exact) mass is 558 g/mol. The molecule has 1 rings (SSSR count). The molecule has 4 nitrogen and oxygen atoms in total. The van der Waals surface area contributed by atoms with Gasteiger partial charge in [-0.05, 0) is 50.5 Å². The molecular weight excluding hydrogens is 496 g/mol. The van der Waals surface area contributed by atoms with Gasteiger partial charge in [0.25, 0.3) is 0 Å². The third-order valence-corrected chi connectivity index (χ3v) is 7.20. The minimum absolute atomic E-state index is 0.132. The van der Waals surface area contributed by atoms with Crippen LogP contribution in [0.3, 0.4) is 0 Å². The van der Waals surface area contributed by atoms with Gasteiger partial charge in [-0.3, -0.25) is 0 Å². The van der Waals surface area contributed by atoms with Crippen molar-refractivity contribution >= 4 is 12.0 Å². The van der Waals surface area contributed by atoms with E-state index in [1.807, 2.05) is 32.0 Å². The Balaban J connectivity index is 2.42.